The molecule has 2 aromatic rings. The Bertz CT molecular complexity index is 732. The number of carbonyl (C=O) groups is 1. The Hall–Kier alpha value is -2.88. The highest BCUT2D eigenvalue weighted by Gasteiger charge is 2.12. The van der Waals surface area contributed by atoms with Crippen LogP contribution in [0.25, 0.3) is 5.70 Å². The van der Waals surface area contributed by atoms with Gasteiger partial charge in [-0.2, -0.15) is 0 Å². The smallest absolute Gasteiger partial charge is 0.321 e. The van der Waals surface area contributed by atoms with E-state index in [4.69, 9.17) is 0 Å². The van der Waals surface area contributed by atoms with Gasteiger partial charge in [-0.25, -0.2) is 4.79 Å². The van der Waals surface area contributed by atoms with Crippen LogP contribution >= 0.6 is 0 Å². The molecule has 0 bridgehead atoms. The van der Waals surface area contributed by atoms with Gasteiger partial charge in [-0.05, 0) is 44.5 Å². The Morgan fingerprint density at radius 2 is 1.56 bits per heavy atom. The van der Waals surface area contributed by atoms with Gasteiger partial charge in [0.1, 0.15) is 0 Å². The van der Waals surface area contributed by atoms with E-state index in [-0.39, 0.29) is 6.03 Å². The summed E-state index contributed by atoms with van der Waals surface area (Å²) < 4.78 is 0. The highest BCUT2D eigenvalue weighted by molar-refractivity contribution is 6.02. The van der Waals surface area contributed by atoms with Gasteiger partial charge in [-0.15, -0.1) is 0 Å². The molecule has 0 unspecified atom stereocenters. The van der Waals surface area contributed by atoms with E-state index in [1.807, 2.05) is 87.5 Å². The average molecular weight is 335 g/mol. The maximum Gasteiger partial charge on any atom is 0.321 e. The molecule has 0 aromatic heterocycles. The molecule has 0 fully saturated rings. The highest BCUT2D eigenvalue weighted by atomic mass is 16.2. The van der Waals surface area contributed by atoms with Gasteiger partial charge >= 0.3 is 6.03 Å². The summed E-state index contributed by atoms with van der Waals surface area (Å²) in [6.45, 7) is 7.21. The predicted molar refractivity (Wildman–Crippen MR) is 105 cm³/mol. The lowest BCUT2D eigenvalue weighted by atomic mass is 10.1. The number of hydrogen-bond donors (Lipinski definition) is 1. The Morgan fingerprint density at radius 3 is 2.12 bits per heavy atom. The maximum atomic E-state index is 12.5. The summed E-state index contributed by atoms with van der Waals surface area (Å²) in [6, 6.07) is 19.5. The van der Waals surface area contributed by atoms with E-state index in [1.165, 1.54) is 0 Å². The molecule has 130 valence electrons. The van der Waals surface area contributed by atoms with Crippen LogP contribution in [0.15, 0.2) is 71.7 Å². The standard InChI is InChI=1S/C21H25N3O/c1-4-24(5-2)21(25)23-20(18-12-8-6-9-13-18)16-17(3)22-19-14-10-7-11-15-19/h6-16H,4-5H2,1-3H3,(H,23,25)/b20-16-,22-17?. The fraction of sp³-hybridized carbons (Fsp3) is 0.238. The largest absolute Gasteiger partial charge is 0.325 e. The molecule has 1 N–H and O–H groups in total. The van der Waals surface area contributed by atoms with Crippen LogP contribution in [0.3, 0.4) is 0 Å². The molecular formula is C21H25N3O. The van der Waals surface area contributed by atoms with E-state index in [2.05, 4.69) is 10.3 Å². The van der Waals surface area contributed by atoms with Gasteiger partial charge < -0.3 is 10.2 Å². The first-order valence-corrected chi connectivity index (χ1v) is 8.57. The second-order valence-electron chi connectivity index (χ2n) is 5.62. The van der Waals surface area contributed by atoms with Crippen molar-refractivity contribution in [2.75, 3.05) is 13.1 Å². The summed E-state index contributed by atoms with van der Waals surface area (Å²) in [5.74, 6) is 0. The molecule has 0 aliphatic carbocycles. The van der Waals surface area contributed by atoms with Crippen molar-refractivity contribution in [3.05, 3.63) is 72.3 Å². The van der Waals surface area contributed by atoms with Crippen molar-refractivity contribution in [1.29, 1.82) is 0 Å². The molecule has 4 nitrogen and oxygen atoms in total. The van der Waals surface area contributed by atoms with Gasteiger partial charge in [-0.1, -0.05) is 48.5 Å². The van der Waals surface area contributed by atoms with Crippen molar-refractivity contribution >= 4 is 23.1 Å². The number of hydrogen-bond acceptors (Lipinski definition) is 2. The highest BCUT2D eigenvalue weighted by Crippen LogP contribution is 2.15. The fourth-order valence-corrected chi connectivity index (χ4v) is 2.46. The number of para-hydroxylation sites is 1. The maximum absolute atomic E-state index is 12.5. The topological polar surface area (TPSA) is 44.7 Å². The Morgan fingerprint density at radius 1 is 1.00 bits per heavy atom. The van der Waals surface area contributed by atoms with E-state index in [9.17, 15) is 4.79 Å². The molecule has 0 atom stereocenters. The van der Waals surface area contributed by atoms with Gasteiger partial charge in [0.05, 0.1) is 11.4 Å². The minimum absolute atomic E-state index is 0.104. The number of allylic oxidation sites excluding steroid dienone is 1. The van der Waals surface area contributed by atoms with Crippen molar-refractivity contribution in [2.45, 2.75) is 20.8 Å². The van der Waals surface area contributed by atoms with Gasteiger partial charge in [0.15, 0.2) is 0 Å². The normalized spacial score (nSPS) is 12.0. The molecule has 0 heterocycles. The Kier molecular flexibility index (Phi) is 6.96. The number of benzene rings is 2. The van der Waals surface area contributed by atoms with Crippen LogP contribution in [0, 0.1) is 0 Å². The average Bonchev–Trinajstić information content (AvgIpc) is 2.63. The third-order valence-electron chi connectivity index (χ3n) is 3.79. The van der Waals surface area contributed by atoms with Crippen LogP contribution in [0.4, 0.5) is 10.5 Å². The summed E-state index contributed by atoms with van der Waals surface area (Å²) in [6.07, 6.45) is 1.91. The van der Waals surface area contributed by atoms with Crippen LogP contribution in [0.5, 0.6) is 0 Å². The zero-order valence-corrected chi connectivity index (χ0v) is 15.1. The molecule has 0 aliphatic heterocycles. The first-order chi connectivity index (χ1) is 12.1. The van der Waals surface area contributed by atoms with Crippen LogP contribution in [0.1, 0.15) is 26.3 Å². The number of nitrogens with zero attached hydrogens (tertiary/aromatic N) is 2. The molecular weight excluding hydrogens is 310 g/mol. The minimum Gasteiger partial charge on any atom is -0.325 e. The predicted octanol–water partition coefficient (Wildman–Crippen LogP) is 4.87. The third kappa shape index (κ3) is 5.60. The first-order valence-electron chi connectivity index (χ1n) is 8.57. The summed E-state index contributed by atoms with van der Waals surface area (Å²) in [5.41, 5.74) is 3.41. The van der Waals surface area contributed by atoms with E-state index < -0.39 is 0 Å². The lowest BCUT2D eigenvalue weighted by Crippen LogP contribution is -2.38. The minimum atomic E-state index is -0.104. The SMILES string of the molecule is CCN(CC)C(=O)N/C(=C\C(C)=Nc1ccccc1)c1ccccc1. The molecule has 0 saturated carbocycles. The molecule has 0 aliphatic rings. The molecule has 0 spiro atoms. The van der Waals surface area contributed by atoms with Crippen molar-refractivity contribution < 1.29 is 4.79 Å². The van der Waals surface area contributed by atoms with Crippen LogP contribution in [0.2, 0.25) is 0 Å². The first kappa shape index (κ1) is 18.5. The third-order valence-corrected chi connectivity index (χ3v) is 3.79. The van der Waals surface area contributed by atoms with Crippen molar-refractivity contribution in [3.8, 4) is 0 Å². The number of rotatable bonds is 6. The number of carbonyl (C=O) groups excluding carboxylic acids is 1. The Labute approximate surface area is 149 Å². The van der Waals surface area contributed by atoms with E-state index >= 15 is 0 Å². The molecule has 25 heavy (non-hydrogen) atoms. The van der Waals surface area contributed by atoms with Crippen LogP contribution in [-0.2, 0) is 0 Å². The fourth-order valence-electron chi connectivity index (χ4n) is 2.46. The van der Waals surface area contributed by atoms with Gasteiger partial charge in [0.25, 0.3) is 0 Å². The lowest BCUT2D eigenvalue weighted by Gasteiger charge is -2.20. The van der Waals surface area contributed by atoms with E-state index in [0.717, 1.165) is 22.7 Å². The van der Waals surface area contributed by atoms with Gasteiger partial charge in [0, 0.05) is 18.8 Å². The van der Waals surface area contributed by atoms with E-state index in [0.29, 0.717) is 13.1 Å². The molecule has 4 heteroatoms. The number of urea groups is 1. The molecule has 0 radical (unpaired) electrons. The Balaban J connectivity index is 2.31. The van der Waals surface area contributed by atoms with Gasteiger partial charge in [-0.3, -0.25) is 4.99 Å². The number of amides is 2. The second kappa shape index (κ2) is 9.42. The summed E-state index contributed by atoms with van der Waals surface area (Å²) >= 11 is 0. The van der Waals surface area contributed by atoms with E-state index in [1.54, 1.807) is 4.90 Å². The lowest BCUT2D eigenvalue weighted by molar-refractivity contribution is 0.208. The summed E-state index contributed by atoms with van der Waals surface area (Å²) in [5, 5.41) is 3.02. The molecule has 2 aromatic carbocycles. The summed E-state index contributed by atoms with van der Waals surface area (Å²) in [7, 11) is 0. The molecule has 2 rings (SSSR count). The number of nitrogens with one attached hydrogen (secondary N) is 1. The summed E-state index contributed by atoms with van der Waals surface area (Å²) in [4.78, 5) is 18.8. The van der Waals surface area contributed by atoms with Crippen molar-refractivity contribution in [2.24, 2.45) is 4.99 Å². The molecule has 0 saturated heterocycles. The van der Waals surface area contributed by atoms with Crippen molar-refractivity contribution in [1.82, 2.24) is 10.2 Å². The quantitative estimate of drug-likeness (QED) is 0.752. The van der Waals surface area contributed by atoms with Crippen molar-refractivity contribution in [3.63, 3.8) is 0 Å². The monoisotopic (exact) mass is 335 g/mol. The zero-order valence-electron chi connectivity index (χ0n) is 15.1. The number of aliphatic imine (C=N–C) groups is 1. The van der Waals surface area contributed by atoms with Crippen LogP contribution < -0.4 is 5.32 Å². The van der Waals surface area contributed by atoms with Gasteiger partial charge in [0.2, 0.25) is 0 Å². The zero-order chi connectivity index (χ0) is 18.1. The van der Waals surface area contributed by atoms with Crippen LogP contribution in [-0.4, -0.2) is 29.7 Å². The molecule has 2 amide bonds. The second-order valence-corrected chi connectivity index (χ2v) is 5.62.